The van der Waals surface area contributed by atoms with Gasteiger partial charge in [0.2, 0.25) is 0 Å². The summed E-state index contributed by atoms with van der Waals surface area (Å²) in [4.78, 5) is 41.0. The molecule has 0 saturated heterocycles. The van der Waals surface area contributed by atoms with Crippen molar-refractivity contribution in [3.05, 3.63) is 29.8 Å². The van der Waals surface area contributed by atoms with Crippen LogP contribution in [-0.2, 0) is 14.4 Å². The number of para-hydroxylation sites is 1. The second kappa shape index (κ2) is 9.50. The van der Waals surface area contributed by atoms with E-state index in [-0.39, 0.29) is 11.9 Å². The van der Waals surface area contributed by atoms with Gasteiger partial charge < -0.3 is 20.4 Å². The Morgan fingerprint density at radius 3 is 2.44 bits per heavy atom. The van der Waals surface area contributed by atoms with E-state index in [0.29, 0.717) is 6.54 Å². The molecule has 148 valence electrons. The average molecular weight is 374 g/mol. The first-order valence-electron chi connectivity index (χ1n) is 9.63. The topological polar surface area (TPSA) is 81.8 Å². The van der Waals surface area contributed by atoms with Crippen molar-refractivity contribution in [2.75, 3.05) is 31.1 Å². The molecule has 1 aromatic rings. The summed E-state index contributed by atoms with van der Waals surface area (Å²) in [5, 5.41) is 5.22. The van der Waals surface area contributed by atoms with Gasteiger partial charge in [0.1, 0.15) is 6.04 Å². The van der Waals surface area contributed by atoms with Gasteiger partial charge in [-0.15, -0.1) is 0 Å². The highest BCUT2D eigenvalue weighted by atomic mass is 16.2. The van der Waals surface area contributed by atoms with E-state index in [4.69, 9.17) is 0 Å². The van der Waals surface area contributed by atoms with E-state index < -0.39 is 17.9 Å². The molecule has 0 radical (unpaired) electrons. The zero-order valence-electron chi connectivity index (χ0n) is 16.6. The van der Waals surface area contributed by atoms with Crippen LogP contribution in [-0.4, -0.2) is 54.8 Å². The van der Waals surface area contributed by atoms with Crippen LogP contribution < -0.4 is 15.5 Å². The minimum Gasteiger partial charge on any atom is -0.348 e. The third-order valence-electron chi connectivity index (χ3n) is 4.82. The summed E-state index contributed by atoms with van der Waals surface area (Å²) in [5.74, 6) is -1.70. The number of anilines is 1. The van der Waals surface area contributed by atoms with Gasteiger partial charge in [0.25, 0.3) is 5.91 Å². The lowest BCUT2D eigenvalue weighted by atomic mass is 10.1. The van der Waals surface area contributed by atoms with Crippen molar-refractivity contribution >= 4 is 23.4 Å². The zero-order valence-corrected chi connectivity index (χ0v) is 16.6. The summed E-state index contributed by atoms with van der Waals surface area (Å²) in [5.41, 5.74) is 1.50. The second-order valence-electron chi connectivity index (χ2n) is 6.90. The molecule has 0 spiro atoms. The van der Waals surface area contributed by atoms with E-state index >= 15 is 0 Å². The van der Waals surface area contributed by atoms with Gasteiger partial charge in [0, 0.05) is 23.8 Å². The first kappa shape index (κ1) is 20.9. The van der Waals surface area contributed by atoms with Gasteiger partial charge in [0.15, 0.2) is 0 Å². The van der Waals surface area contributed by atoms with E-state index in [1.54, 1.807) is 4.90 Å². The van der Waals surface area contributed by atoms with E-state index in [9.17, 15) is 14.4 Å². The maximum Gasteiger partial charge on any atom is 0.310 e. The largest absolute Gasteiger partial charge is 0.348 e. The molecule has 7 nitrogen and oxygen atoms in total. The number of nitrogens with zero attached hydrogens (tertiary/aromatic N) is 2. The van der Waals surface area contributed by atoms with Crippen molar-refractivity contribution in [3.63, 3.8) is 0 Å². The van der Waals surface area contributed by atoms with Crippen LogP contribution in [0.5, 0.6) is 0 Å². The third-order valence-corrected chi connectivity index (χ3v) is 4.82. The van der Waals surface area contributed by atoms with Crippen LogP contribution in [0, 0.1) is 0 Å². The van der Waals surface area contributed by atoms with Gasteiger partial charge in [-0.25, -0.2) is 0 Å². The van der Waals surface area contributed by atoms with Crippen molar-refractivity contribution in [1.82, 2.24) is 15.5 Å². The van der Waals surface area contributed by atoms with Crippen LogP contribution in [0.1, 0.15) is 45.7 Å². The minimum atomic E-state index is -0.822. The van der Waals surface area contributed by atoms with Crippen LogP contribution >= 0.6 is 0 Å². The third kappa shape index (κ3) is 4.86. The van der Waals surface area contributed by atoms with Crippen LogP contribution in [0.2, 0.25) is 0 Å². The molecule has 0 bridgehead atoms. The van der Waals surface area contributed by atoms with Crippen LogP contribution in [0.4, 0.5) is 5.69 Å². The molecule has 1 heterocycles. The number of amides is 3. The molecule has 1 aromatic carbocycles. The lowest BCUT2D eigenvalue weighted by Gasteiger charge is -2.22. The van der Waals surface area contributed by atoms with E-state index in [2.05, 4.69) is 29.4 Å². The minimum absolute atomic E-state index is 0.0329. The summed E-state index contributed by atoms with van der Waals surface area (Å²) in [6.07, 6.45) is 0.771. The molecule has 2 N–H and O–H groups in total. The standard InChI is InChI=1S/C20H30N4O3/c1-5-23(6-2)13-9-12-21-18(25)19(26)22-17-15-10-7-8-11-16(15)24(14(3)4)20(17)27/h7-8,10-11,14,17H,5-6,9,12-13H2,1-4H3,(H,21,25)(H,22,26). The fraction of sp³-hybridized carbons (Fsp3) is 0.550. The number of carbonyl (C=O) groups is 3. The molecule has 0 fully saturated rings. The molecular formula is C20H30N4O3. The quantitative estimate of drug-likeness (QED) is 0.533. The maximum atomic E-state index is 12.7. The summed E-state index contributed by atoms with van der Waals surface area (Å²) in [6.45, 7) is 11.2. The highest BCUT2D eigenvalue weighted by Crippen LogP contribution is 2.36. The van der Waals surface area contributed by atoms with Crippen molar-refractivity contribution in [2.24, 2.45) is 0 Å². The van der Waals surface area contributed by atoms with Crippen LogP contribution in [0.15, 0.2) is 24.3 Å². The molecule has 3 amide bonds. The lowest BCUT2D eigenvalue weighted by Crippen LogP contribution is -2.45. The molecule has 1 unspecified atom stereocenters. The summed E-state index contributed by atoms with van der Waals surface area (Å²) in [6, 6.07) is 6.48. The molecule has 7 heteroatoms. The number of fused-ring (bicyclic) bond motifs is 1. The molecule has 27 heavy (non-hydrogen) atoms. The number of carbonyl (C=O) groups excluding carboxylic acids is 3. The molecular weight excluding hydrogens is 344 g/mol. The summed E-state index contributed by atoms with van der Waals surface area (Å²) in [7, 11) is 0. The average Bonchev–Trinajstić information content (AvgIpc) is 2.93. The molecule has 1 aliphatic rings. The Kier molecular flexibility index (Phi) is 7.36. The van der Waals surface area contributed by atoms with Crippen LogP contribution in [0.25, 0.3) is 0 Å². The first-order chi connectivity index (χ1) is 12.9. The smallest absolute Gasteiger partial charge is 0.310 e. The van der Waals surface area contributed by atoms with Crippen molar-refractivity contribution in [1.29, 1.82) is 0 Å². The highest BCUT2D eigenvalue weighted by Gasteiger charge is 2.39. The number of rotatable bonds is 8. The zero-order chi connectivity index (χ0) is 20.0. The first-order valence-corrected chi connectivity index (χ1v) is 9.63. The fourth-order valence-electron chi connectivity index (χ4n) is 3.34. The van der Waals surface area contributed by atoms with Gasteiger partial charge in [-0.1, -0.05) is 32.0 Å². The van der Waals surface area contributed by atoms with Gasteiger partial charge >= 0.3 is 11.8 Å². The Labute approximate surface area is 161 Å². The Hall–Kier alpha value is -2.41. The molecule has 2 rings (SSSR count). The normalized spacial score (nSPS) is 16.0. The Balaban J connectivity index is 1.93. The monoisotopic (exact) mass is 374 g/mol. The Morgan fingerprint density at radius 2 is 1.81 bits per heavy atom. The Bertz CT molecular complexity index is 686. The number of benzene rings is 1. The number of nitrogens with one attached hydrogen (secondary N) is 2. The molecule has 1 aliphatic heterocycles. The van der Waals surface area contributed by atoms with E-state index in [1.807, 2.05) is 38.1 Å². The van der Waals surface area contributed by atoms with Gasteiger partial charge in [0.05, 0.1) is 0 Å². The lowest BCUT2D eigenvalue weighted by molar-refractivity contribution is -0.140. The van der Waals surface area contributed by atoms with E-state index in [1.165, 1.54) is 0 Å². The van der Waals surface area contributed by atoms with Gasteiger partial charge in [-0.05, 0) is 46.0 Å². The van der Waals surface area contributed by atoms with Crippen molar-refractivity contribution in [3.8, 4) is 0 Å². The van der Waals surface area contributed by atoms with Crippen molar-refractivity contribution in [2.45, 2.75) is 46.2 Å². The predicted octanol–water partition coefficient (Wildman–Crippen LogP) is 1.45. The van der Waals surface area contributed by atoms with Gasteiger partial charge in [-0.3, -0.25) is 14.4 Å². The summed E-state index contributed by atoms with van der Waals surface area (Å²) < 4.78 is 0. The Morgan fingerprint density at radius 1 is 1.15 bits per heavy atom. The number of hydrogen-bond acceptors (Lipinski definition) is 4. The highest BCUT2D eigenvalue weighted by molar-refractivity contribution is 6.35. The van der Waals surface area contributed by atoms with E-state index in [0.717, 1.165) is 37.3 Å². The van der Waals surface area contributed by atoms with Crippen molar-refractivity contribution < 1.29 is 14.4 Å². The molecule has 1 atom stereocenters. The second-order valence-corrected chi connectivity index (χ2v) is 6.90. The molecule has 0 saturated carbocycles. The SMILES string of the molecule is CCN(CC)CCCNC(=O)C(=O)NC1C(=O)N(C(C)C)c2ccccc21. The predicted molar refractivity (Wildman–Crippen MR) is 105 cm³/mol. The fourth-order valence-corrected chi connectivity index (χ4v) is 3.34. The maximum absolute atomic E-state index is 12.7. The molecule has 0 aromatic heterocycles. The van der Waals surface area contributed by atoms with Gasteiger partial charge in [-0.2, -0.15) is 0 Å². The summed E-state index contributed by atoms with van der Waals surface area (Å²) >= 11 is 0. The number of hydrogen-bond donors (Lipinski definition) is 2. The molecule has 0 aliphatic carbocycles. The van der Waals surface area contributed by atoms with Crippen LogP contribution in [0.3, 0.4) is 0 Å².